The highest BCUT2D eigenvalue weighted by Gasteiger charge is 2.01. The average Bonchev–Trinajstić information content (AvgIpc) is 2.88. The van der Waals surface area contributed by atoms with E-state index in [-0.39, 0.29) is 0 Å². The van der Waals surface area contributed by atoms with Crippen molar-refractivity contribution >= 4 is 22.4 Å². The molecular weight excluding hydrogens is 194 g/mol. The van der Waals surface area contributed by atoms with Crippen molar-refractivity contribution in [1.82, 2.24) is 14.6 Å². The van der Waals surface area contributed by atoms with Crippen molar-refractivity contribution in [3.8, 4) is 11.3 Å². The van der Waals surface area contributed by atoms with Gasteiger partial charge in [0.25, 0.3) is 0 Å². The lowest BCUT2D eigenvalue weighted by Crippen LogP contribution is -1.75. The van der Waals surface area contributed by atoms with E-state index in [1.807, 2.05) is 23.7 Å². The van der Waals surface area contributed by atoms with Crippen molar-refractivity contribution in [2.75, 3.05) is 0 Å². The first-order chi connectivity index (χ1) is 6.93. The molecule has 4 heteroatoms. The maximum Gasteiger partial charge on any atom is 0.0840 e. The fourth-order valence-corrected chi connectivity index (χ4v) is 1.99. The molecule has 0 unspecified atom stereocenters. The van der Waals surface area contributed by atoms with Gasteiger partial charge in [-0.15, -0.1) is 0 Å². The van der Waals surface area contributed by atoms with Gasteiger partial charge in [0, 0.05) is 16.3 Å². The van der Waals surface area contributed by atoms with E-state index in [0.29, 0.717) is 0 Å². The lowest BCUT2D eigenvalue weighted by Gasteiger charge is -1.95. The zero-order valence-electron chi connectivity index (χ0n) is 7.27. The van der Waals surface area contributed by atoms with Crippen molar-refractivity contribution < 1.29 is 0 Å². The number of hydrogen-bond donors (Lipinski definition) is 1. The first-order valence-corrected chi connectivity index (χ1v) is 5.11. The minimum Gasteiger partial charge on any atom is -0.278 e. The van der Waals surface area contributed by atoms with E-state index >= 15 is 0 Å². The first kappa shape index (κ1) is 7.70. The van der Waals surface area contributed by atoms with Crippen molar-refractivity contribution in [3.63, 3.8) is 0 Å². The SMILES string of the molecule is c1cc(-c2ccc3[nH]ncc3c2)ns1. The Morgan fingerprint density at radius 2 is 2.21 bits per heavy atom. The van der Waals surface area contributed by atoms with Gasteiger partial charge in [0.15, 0.2) is 0 Å². The highest BCUT2D eigenvalue weighted by atomic mass is 32.1. The number of aromatic amines is 1. The van der Waals surface area contributed by atoms with Crippen LogP contribution in [0.25, 0.3) is 22.2 Å². The fourth-order valence-electron chi connectivity index (χ4n) is 1.46. The van der Waals surface area contributed by atoms with Gasteiger partial charge in [0.2, 0.25) is 0 Å². The molecule has 2 aromatic heterocycles. The van der Waals surface area contributed by atoms with E-state index in [1.54, 1.807) is 0 Å². The monoisotopic (exact) mass is 201 g/mol. The molecule has 0 saturated carbocycles. The molecule has 0 aliphatic carbocycles. The molecule has 3 nitrogen and oxygen atoms in total. The molecule has 0 saturated heterocycles. The lowest BCUT2D eigenvalue weighted by atomic mass is 10.1. The average molecular weight is 201 g/mol. The molecule has 0 fully saturated rings. The van der Waals surface area contributed by atoms with E-state index in [2.05, 4.69) is 26.7 Å². The number of benzene rings is 1. The summed E-state index contributed by atoms with van der Waals surface area (Å²) in [7, 11) is 0. The van der Waals surface area contributed by atoms with Crippen molar-refractivity contribution in [2.45, 2.75) is 0 Å². The topological polar surface area (TPSA) is 41.6 Å². The Bertz CT molecular complexity index is 554. The summed E-state index contributed by atoms with van der Waals surface area (Å²) in [4.78, 5) is 0. The molecule has 0 spiro atoms. The van der Waals surface area contributed by atoms with Crippen LogP contribution in [0.2, 0.25) is 0 Å². The van der Waals surface area contributed by atoms with E-state index < -0.39 is 0 Å². The van der Waals surface area contributed by atoms with Gasteiger partial charge in [-0.25, -0.2) is 0 Å². The summed E-state index contributed by atoms with van der Waals surface area (Å²) in [6.45, 7) is 0. The Morgan fingerprint density at radius 1 is 1.21 bits per heavy atom. The predicted molar refractivity (Wildman–Crippen MR) is 57.2 cm³/mol. The summed E-state index contributed by atoms with van der Waals surface area (Å²) in [5.41, 5.74) is 3.22. The van der Waals surface area contributed by atoms with Gasteiger partial charge in [-0.05, 0) is 29.7 Å². The molecule has 3 aromatic rings. The van der Waals surface area contributed by atoms with Crippen LogP contribution >= 0.6 is 11.5 Å². The summed E-state index contributed by atoms with van der Waals surface area (Å²) < 4.78 is 4.29. The highest BCUT2D eigenvalue weighted by Crippen LogP contribution is 2.22. The molecule has 3 rings (SSSR count). The van der Waals surface area contributed by atoms with Gasteiger partial charge in [-0.1, -0.05) is 6.07 Å². The van der Waals surface area contributed by atoms with Crippen LogP contribution in [-0.2, 0) is 0 Å². The molecular formula is C10H7N3S. The maximum absolute atomic E-state index is 4.29. The molecule has 14 heavy (non-hydrogen) atoms. The maximum atomic E-state index is 4.29. The number of H-pyrrole nitrogens is 1. The van der Waals surface area contributed by atoms with Crippen LogP contribution in [0.4, 0.5) is 0 Å². The van der Waals surface area contributed by atoms with Gasteiger partial charge in [0.1, 0.15) is 0 Å². The normalized spacial score (nSPS) is 10.9. The minimum atomic E-state index is 1.03. The van der Waals surface area contributed by atoms with Gasteiger partial charge in [-0.3, -0.25) is 5.10 Å². The van der Waals surface area contributed by atoms with E-state index in [0.717, 1.165) is 22.2 Å². The summed E-state index contributed by atoms with van der Waals surface area (Å²) in [6, 6.07) is 8.19. The highest BCUT2D eigenvalue weighted by molar-refractivity contribution is 7.03. The quantitative estimate of drug-likeness (QED) is 0.657. The number of nitrogens with zero attached hydrogens (tertiary/aromatic N) is 2. The number of fused-ring (bicyclic) bond motifs is 1. The molecule has 1 aromatic carbocycles. The Morgan fingerprint density at radius 3 is 3.07 bits per heavy atom. The Hall–Kier alpha value is -1.68. The van der Waals surface area contributed by atoms with Gasteiger partial charge >= 0.3 is 0 Å². The van der Waals surface area contributed by atoms with Gasteiger partial charge in [-0.2, -0.15) is 9.47 Å². The lowest BCUT2D eigenvalue weighted by molar-refractivity contribution is 1.12. The molecule has 0 amide bonds. The third-order valence-electron chi connectivity index (χ3n) is 2.17. The minimum absolute atomic E-state index is 1.03. The first-order valence-electron chi connectivity index (χ1n) is 4.27. The van der Waals surface area contributed by atoms with Crippen molar-refractivity contribution in [2.24, 2.45) is 0 Å². The second-order valence-electron chi connectivity index (χ2n) is 3.06. The van der Waals surface area contributed by atoms with Gasteiger partial charge < -0.3 is 0 Å². The van der Waals surface area contributed by atoms with Crippen LogP contribution in [0.5, 0.6) is 0 Å². The smallest absolute Gasteiger partial charge is 0.0840 e. The molecule has 2 heterocycles. The summed E-state index contributed by atoms with van der Waals surface area (Å²) in [6.07, 6.45) is 1.82. The molecule has 1 N–H and O–H groups in total. The molecule has 0 atom stereocenters. The number of nitrogens with one attached hydrogen (secondary N) is 1. The predicted octanol–water partition coefficient (Wildman–Crippen LogP) is 2.69. The van der Waals surface area contributed by atoms with Crippen LogP contribution < -0.4 is 0 Å². The molecule has 0 radical (unpaired) electrons. The van der Waals surface area contributed by atoms with Crippen LogP contribution in [0.3, 0.4) is 0 Å². The van der Waals surface area contributed by atoms with Crippen molar-refractivity contribution in [3.05, 3.63) is 35.8 Å². The molecule has 0 bridgehead atoms. The molecule has 0 aliphatic rings. The molecule has 0 aliphatic heterocycles. The largest absolute Gasteiger partial charge is 0.278 e. The number of aromatic nitrogens is 3. The Labute approximate surface area is 84.6 Å². The number of hydrogen-bond acceptors (Lipinski definition) is 3. The zero-order chi connectivity index (χ0) is 9.38. The standard InChI is InChI=1S/C10H7N3S/c1-2-9-8(6-11-12-9)5-7(1)10-3-4-14-13-10/h1-6H,(H,11,12). The third kappa shape index (κ3) is 1.12. The van der Waals surface area contributed by atoms with Crippen LogP contribution in [0.1, 0.15) is 0 Å². The van der Waals surface area contributed by atoms with Gasteiger partial charge in [0.05, 0.1) is 17.4 Å². The van der Waals surface area contributed by atoms with Crippen LogP contribution in [0, 0.1) is 0 Å². The second kappa shape index (κ2) is 2.92. The fraction of sp³-hybridized carbons (Fsp3) is 0. The second-order valence-corrected chi connectivity index (χ2v) is 3.72. The van der Waals surface area contributed by atoms with Crippen molar-refractivity contribution in [1.29, 1.82) is 0 Å². The molecule has 68 valence electrons. The number of rotatable bonds is 1. The zero-order valence-corrected chi connectivity index (χ0v) is 8.08. The van der Waals surface area contributed by atoms with Crippen LogP contribution in [-0.4, -0.2) is 14.6 Å². The summed E-state index contributed by atoms with van der Waals surface area (Å²) in [5, 5.41) is 10.0. The Kier molecular flexibility index (Phi) is 1.61. The van der Waals surface area contributed by atoms with E-state index in [9.17, 15) is 0 Å². The Balaban J connectivity index is 2.23. The van der Waals surface area contributed by atoms with E-state index in [1.165, 1.54) is 11.5 Å². The van der Waals surface area contributed by atoms with Crippen LogP contribution in [0.15, 0.2) is 35.8 Å². The third-order valence-corrected chi connectivity index (χ3v) is 2.73. The summed E-state index contributed by atoms with van der Waals surface area (Å²) >= 11 is 1.47. The van der Waals surface area contributed by atoms with E-state index in [4.69, 9.17) is 0 Å². The summed E-state index contributed by atoms with van der Waals surface area (Å²) in [5.74, 6) is 0.